The summed E-state index contributed by atoms with van der Waals surface area (Å²) in [4.78, 5) is 25.9. The molecule has 0 aliphatic carbocycles. The standard InChI is InChI=1S/C32H23F2N5O4S/c1-35-31(40)26-21-15-20(30(39(2)44(3,41)42)38-32(21)43-29(26)17-7-11-18(33)12-8-17)23-14-10-16-9-13-19-25-22(34)5-4-6-24(25)37-28(19)27(16)36-23/h4-15,37H,1-3H3,(H,35,40). The van der Waals surface area contributed by atoms with Crippen LogP contribution in [0.1, 0.15) is 10.4 Å². The van der Waals surface area contributed by atoms with E-state index < -0.39 is 21.7 Å². The molecule has 0 atom stereocenters. The highest BCUT2D eigenvalue weighted by molar-refractivity contribution is 7.92. The van der Waals surface area contributed by atoms with Crippen molar-refractivity contribution >= 4 is 65.6 Å². The quantitative estimate of drug-likeness (QED) is 0.233. The number of fused-ring (bicyclic) bond motifs is 6. The molecule has 7 rings (SSSR count). The molecule has 3 aromatic carbocycles. The van der Waals surface area contributed by atoms with E-state index in [-0.39, 0.29) is 28.7 Å². The Morgan fingerprint density at radius 3 is 2.45 bits per heavy atom. The molecule has 9 nitrogen and oxygen atoms in total. The minimum Gasteiger partial charge on any atom is -0.437 e. The first-order valence-electron chi connectivity index (χ1n) is 13.4. The average Bonchev–Trinajstić information content (AvgIpc) is 3.58. The first-order valence-corrected chi connectivity index (χ1v) is 15.3. The van der Waals surface area contributed by atoms with Crippen molar-refractivity contribution in [2.24, 2.45) is 0 Å². The summed E-state index contributed by atoms with van der Waals surface area (Å²) in [5.41, 5.74) is 3.01. The molecule has 0 unspecified atom stereocenters. The molecule has 0 spiro atoms. The van der Waals surface area contributed by atoms with Crippen molar-refractivity contribution in [2.75, 3.05) is 24.7 Å². The van der Waals surface area contributed by atoms with Gasteiger partial charge in [-0.05, 0) is 48.5 Å². The zero-order valence-electron chi connectivity index (χ0n) is 23.6. The van der Waals surface area contributed by atoms with Gasteiger partial charge in [-0.25, -0.2) is 22.2 Å². The van der Waals surface area contributed by atoms with Crippen molar-refractivity contribution in [3.05, 3.63) is 90.0 Å². The van der Waals surface area contributed by atoms with Crippen LogP contribution in [0.4, 0.5) is 14.6 Å². The number of aromatic amines is 1. The van der Waals surface area contributed by atoms with Gasteiger partial charge in [0, 0.05) is 46.9 Å². The number of hydrogen-bond donors (Lipinski definition) is 2. The van der Waals surface area contributed by atoms with Crippen LogP contribution in [0, 0.1) is 11.6 Å². The Morgan fingerprint density at radius 1 is 0.977 bits per heavy atom. The summed E-state index contributed by atoms with van der Waals surface area (Å²) < 4.78 is 61.0. The molecule has 2 N–H and O–H groups in total. The summed E-state index contributed by atoms with van der Waals surface area (Å²) in [6.07, 6.45) is 1.04. The van der Waals surface area contributed by atoms with Crippen molar-refractivity contribution in [1.82, 2.24) is 20.3 Å². The van der Waals surface area contributed by atoms with Crippen LogP contribution in [0.25, 0.3) is 66.4 Å². The number of rotatable bonds is 5. The van der Waals surface area contributed by atoms with E-state index in [1.165, 1.54) is 44.4 Å². The molecule has 0 saturated carbocycles. The van der Waals surface area contributed by atoms with Crippen LogP contribution < -0.4 is 9.62 Å². The largest absolute Gasteiger partial charge is 0.437 e. The summed E-state index contributed by atoms with van der Waals surface area (Å²) in [6, 6.07) is 19.1. The Balaban J connectivity index is 1.54. The van der Waals surface area contributed by atoms with Gasteiger partial charge in [0.2, 0.25) is 15.7 Å². The zero-order chi connectivity index (χ0) is 30.9. The number of nitrogens with zero attached hydrogens (tertiary/aromatic N) is 3. The van der Waals surface area contributed by atoms with Gasteiger partial charge in [0.15, 0.2) is 5.82 Å². The number of carbonyl (C=O) groups is 1. The van der Waals surface area contributed by atoms with Crippen LogP contribution in [0.15, 0.2) is 77.2 Å². The minimum atomic E-state index is -3.80. The number of pyridine rings is 2. The highest BCUT2D eigenvalue weighted by Crippen LogP contribution is 2.40. The van der Waals surface area contributed by atoms with Gasteiger partial charge in [0.1, 0.15) is 17.4 Å². The van der Waals surface area contributed by atoms with Crippen LogP contribution in [0.3, 0.4) is 0 Å². The van der Waals surface area contributed by atoms with E-state index in [1.807, 2.05) is 18.2 Å². The molecule has 12 heteroatoms. The number of nitrogens with one attached hydrogen (secondary N) is 2. The molecule has 0 saturated heterocycles. The molecule has 0 bridgehead atoms. The predicted molar refractivity (Wildman–Crippen MR) is 166 cm³/mol. The topological polar surface area (TPSA) is 121 Å². The van der Waals surface area contributed by atoms with Gasteiger partial charge in [0.05, 0.1) is 33.9 Å². The number of H-pyrrole nitrogens is 1. The van der Waals surface area contributed by atoms with Crippen LogP contribution in [0.5, 0.6) is 0 Å². The van der Waals surface area contributed by atoms with Gasteiger partial charge >= 0.3 is 0 Å². The molecule has 1 amide bonds. The fraction of sp³-hybridized carbons (Fsp3) is 0.0938. The minimum absolute atomic E-state index is 0.00597. The van der Waals surface area contributed by atoms with E-state index in [0.29, 0.717) is 49.5 Å². The van der Waals surface area contributed by atoms with Gasteiger partial charge in [0.25, 0.3) is 5.91 Å². The Labute approximate surface area is 249 Å². The molecular weight excluding hydrogens is 588 g/mol. The Hall–Kier alpha value is -5.36. The predicted octanol–water partition coefficient (Wildman–Crippen LogP) is 6.38. The molecule has 0 aliphatic heterocycles. The lowest BCUT2D eigenvalue weighted by Gasteiger charge is -2.19. The SMILES string of the molecule is CNC(=O)c1c(-c2ccc(F)cc2)oc2nc(N(C)S(C)(=O)=O)c(-c3ccc4ccc5c([nH]c6cccc(F)c65)c4n3)cc12. The van der Waals surface area contributed by atoms with Crippen molar-refractivity contribution in [2.45, 2.75) is 0 Å². The third kappa shape index (κ3) is 4.25. The Bertz CT molecular complexity index is 2420. The lowest BCUT2D eigenvalue weighted by Crippen LogP contribution is -2.26. The zero-order valence-corrected chi connectivity index (χ0v) is 24.4. The van der Waals surface area contributed by atoms with Gasteiger partial charge in [-0.2, -0.15) is 4.98 Å². The number of amides is 1. The smallest absolute Gasteiger partial charge is 0.255 e. The summed E-state index contributed by atoms with van der Waals surface area (Å²) >= 11 is 0. The van der Waals surface area contributed by atoms with E-state index in [2.05, 4.69) is 15.3 Å². The fourth-order valence-corrected chi connectivity index (χ4v) is 5.92. The second kappa shape index (κ2) is 9.85. The van der Waals surface area contributed by atoms with E-state index >= 15 is 0 Å². The summed E-state index contributed by atoms with van der Waals surface area (Å²) in [7, 11) is -0.978. The summed E-state index contributed by atoms with van der Waals surface area (Å²) in [5.74, 6) is -1.14. The average molecular weight is 612 g/mol. The first kappa shape index (κ1) is 27.5. The number of aromatic nitrogens is 3. The highest BCUT2D eigenvalue weighted by atomic mass is 32.2. The van der Waals surface area contributed by atoms with Crippen LogP contribution in [0.2, 0.25) is 0 Å². The number of hydrogen-bond acceptors (Lipinski definition) is 6. The number of halogens is 2. The molecule has 44 heavy (non-hydrogen) atoms. The van der Waals surface area contributed by atoms with Gasteiger partial charge in [-0.1, -0.05) is 24.3 Å². The monoisotopic (exact) mass is 611 g/mol. The number of anilines is 1. The van der Waals surface area contributed by atoms with Crippen LogP contribution in [-0.2, 0) is 10.0 Å². The number of furan rings is 1. The number of carbonyl (C=O) groups excluding carboxylic acids is 1. The van der Waals surface area contributed by atoms with Crippen molar-refractivity contribution in [1.29, 1.82) is 0 Å². The summed E-state index contributed by atoms with van der Waals surface area (Å²) in [5, 5.41) is 4.77. The lowest BCUT2D eigenvalue weighted by atomic mass is 10.0. The Kier molecular flexibility index (Phi) is 6.15. The van der Waals surface area contributed by atoms with Gasteiger partial charge < -0.3 is 14.7 Å². The molecule has 0 radical (unpaired) electrons. The number of benzene rings is 3. The van der Waals surface area contributed by atoms with E-state index in [4.69, 9.17) is 9.40 Å². The maximum atomic E-state index is 14.8. The second-order valence-corrected chi connectivity index (χ2v) is 12.4. The van der Waals surface area contributed by atoms with Crippen molar-refractivity contribution in [3.8, 4) is 22.6 Å². The molecule has 0 fully saturated rings. The molecule has 4 aromatic heterocycles. The fourth-order valence-electron chi connectivity index (χ4n) is 5.46. The maximum Gasteiger partial charge on any atom is 0.255 e. The normalized spacial score (nSPS) is 12.0. The van der Waals surface area contributed by atoms with Crippen LogP contribution in [-0.4, -0.2) is 49.6 Å². The van der Waals surface area contributed by atoms with E-state index in [1.54, 1.807) is 24.3 Å². The van der Waals surface area contributed by atoms with Gasteiger partial charge in [-0.15, -0.1) is 0 Å². The lowest BCUT2D eigenvalue weighted by molar-refractivity contribution is 0.0964. The first-order chi connectivity index (χ1) is 21.0. The van der Waals surface area contributed by atoms with Crippen molar-refractivity contribution < 1.29 is 26.4 Å². The maximum absolute atomic E-state index is 14.8. The molecule has 7 aromatic rings. The molecule has 220 valence electrons. The van der Waals surface area contributed by atoms with Crippen LogP contribution >= 0.6 is 0 Å². The third-order valence-electron chi connectivity index (χ3n) is 7.70. The van der Waals surface area contributed by atoms with E-state index in [9.17, 15) is 22.0 Å². The second-order valence-electron chi connectivity index (χ2n) is 10.4. The number of sulfonamides is 1. The molecular formula is C32H23F2N5O4S. The van der Waals surface area contributed by atoms with E-state index in [0.717, 1.165) is 15.9 Å². The highest BCUT2D eigenvalue weighted by Gasteiger charge is 2.27. The Morgan fingerprint density at radius 2 is 1.73 bits per heavy atom. The summed E-state index contributed by atoms with van der Waals surface area (Å²) in [6.45, 7) is 0. The molecule has 4 heterocycles. The van der Waals surface area contributed by atoms with Gasteiger partial charge in [-0.3, -0.25) is 9.10 Å². The third-order valence-corrected chi connectivity index (χ3v) is 8.87. The molecule has 0 aliphatic rings. The van der Waals surface area contributed by atoms with Crippen molar-refractivity contribution in [3.63, 3.8) is 0 Å².